The first-order chi connectivity index (χ1) is 12.3. The minimum absolute atomic E-state index is 0. The lowest BCUT2D eigenvalue weighted by atomic mass is 9.74. The summed E-state index contributed by atoms with van der Waals surface area (Å²) < 4.78 is 0. The number of likely N-dealkylation sites (N-methyl/N-ethyl adjacent to an activating group) is 1. The Morgan fingerprint density at radius 1 is 1.14 bits per heavy atom. The van der Waals surface area contributed by atoms with Crippen LogP contribution in [0.2, 0.25) is 0 Å². The first kappa shape index (κ1) is 26.7. The smallest absolute Gasteiger partial charge is 0.251 e. The van der Waals surface area contributed by atoms with E-state index in [1.165, 1.54) is 0 Å². The number of amides is 2. The second-order valence-electron chi connectivity index (χ2n) is 7.78. The van der Waals surface area contributed by atoms with E-state index in [0.29, 0.717) is 18.7 Å². The molecule has 1 aromatic carbocycles. The van der Waals surface area contributed by atoms with Crippen molar-refractivity contribution in [2.24, 2.45) is 11.7 Å². The van der Waals surface area contributed by atoms with Crippen LogP contribution in [0.15, 0.2) is 24.3 Å². The van der Waals surface area contributed by atoms with Crippen molar-refractivity contribution in [3.8, 4) is 0 Å². The van der Waals surface area contributed by atoms with E-state index in [0.717, 1.165) is 37.8 Å². The number of nitrogens with zero attached hydrogens (tertiary/aromatic N) is 1. The molecule has 1 fully saturated rings. The molecule has 1 saturated carbocycles. The normalized spacial score (nSPS) is 21.2. The molecular weight excluding hydrogens is 399 g/mol. The SMILES string of the molecule is CN(C)CCNC(=O)c1ccc(CNC(=O)C2CCCCC2(C)N)cc1.Cl.Cl. The molecule has 0 aromatic heterocycles. The summed E-state index contributed by atoms with van der Waals surface area (Å²) in [5.41, 5.74) is 7.47. The number of nitrogens with two attached hydrogens (primary N) is 1. The Balaban J connectivity index is 0.00000364. The zero-order chi connectivity index (χ0) is 19.2. The van der Waals surface area contributed by atoms with Gasteiger partial charge >= 0.3 is 0 Å². The van der Waals surface area contributed by atoms with Gasteiger partial charge in [0.1, 0.15) is 0 Å². The maximum atomic E-state index is 12.5. The Hall–Kier alpha value is -1.34. The summed E-state index contributed by atoms with van der Waals surface area (Å²) in [6.07, 6.45) is 3.89. The molecule has 0 saturated heterocycles. The van der Waals surface area contributed by atoms with Gasteiger partial charge in [-0.05, 0) is 51.6 Å². The molecule has 0 heterocycles. The Kier molecular flexibility index (Phi) is 11.7. The molecule has 160 valence electrons. The molecule has 2 amide bonds. The van der Waals surface area contributed by atoms with Gasteiger partial charge in [-0.25, -0.2) is 0 Å². The third-order valence-corrected chi connectivity index (χ3v) is 5.10. The van der Waals surface area contributed by atoms with Gasteiger partial charge in [0.15, 0.2) is 0 Å². The molecule has 0 aliphatic heterocycles. The minimum atomic E-state index is -0.420. The quantitative estimate of drug-likeness (QED) is 0.616. The summed E-state index contributed by atoms with van der Waals surface area (Å²) in [4.78, 5) is 26.6. The van der Waals surface area contributed by atoms with Crippen LogP contribution in [0, 0.1) is 5.92 Å². The predicted molar refractivity (Wildman–Crippen MR) is 118 cm³/mol. The van der Waals surface area contributed by atoms with E-state index in [1.807, 2.05) is 38.1 Å². The zero-order valence-corrected chi connectivity index (χ0v) is 18.6. The van der Waals surface area contributed by atoms with E-state index in [4.69, 9.17) is 5.73 Å². The maximum absolute atomic E-state index is 12.5. The van der Waals surface area contributed by atoms with Crippen LogP contribution in [0.1, 0.15) is 48.5 Å². The van der Waals surface area contributed by atoms with E-state index in [9.17, 15) is 9.59 Å². The molecule has 2 unspecified atom stereocenters. The predicted octanol–water partition coefficient (Wildman–Crippen LogP) is 2.35. The average molecular weight is 433 g/mol. The lowest BCUT2D eigenvalue weighted by Crippen LogP contribution is -2.52. The topological polar surface area (TPSA) is 87.5 Å². The van der Waals surface area contributed by atoms with Crippen LogP contribution < -0.4 is 16.4 Å². The fraction of sp³-hybridized carbons (Fsp3) is 0.600. The minimum Gasteiger partial charge on any atom is -0.352 e. The second-order valence-corrected chi connectivity index (χ2v) is 7.78. The Bertz CT molecular complexity index is 621. The molecule has 2 rings (SSSR count). The summed E-state index contributed by atoms with van der Waals surface area (Å²) in [5, 5.41) is 5.88. The monoisotopic (exact) mass is 432 g/mol. The van der Waals surface area contributed by atoms with Gasteiger partial charge in [-0.1, -0.05) is 25.0 Å². The number of carbonyl (C=O) groups excluding carboxylic acids is 2. The van der Waals surface area contributed by atoms with Crippen LogP contribution in [-0.2, 0) is 11.3 Å². The summed E-state index contributed by atoms with van der Waals surface area (Å²) in [6, 6.07) is 7.34. The van der Waals surface area contributed by atoms with Crippen molar-refractivity contribution in [3.63, 3.8) is 0 Å². The first-order valence-corrected chi connectivity index (χ1v) is 9.38. The fourth-order valence-corrected chi connectivity index (χ4v) is 3.37. The number of nitrogens with one attached hydrogen (secondary N) is 2. The van der Waals surface area contributed by atoms with Crippen LogP contribution in [0.25, 0.3) is 0 Å². The summed E-state index contributed by atoms with van der Waals surface area (Å²) in [7, 11) is 3.94. The standard InChI is InChI=1S/C20H32N4O2.2ClH/c1-20(21)11-5-4-6-17(20)19(26)23-14-15-7-9-16(10-8-15)18(25)22-12-13-24(2)3;;/h7-10,17H,4-6,11-14,21H2,1-3H3,(H,22,25)(H,23,26);2*1H. The molecule has 1 aromatic rings. The molecular formula is C20H34Cl2N4O2. The van der Waals surface area contributed by atoms with Crippen molar-refractivity contribution in [2.45, 2.75) is 44.7 Å². The number of hydrogen-bond donors (Lipinski definition) is 3. The molecule has 4 N–H and O–H groups in total. The summed E-state index contributed by atoms with van der Waals surface area (Å²) >= 11 is 0. The molecule has 0 radical (unpaired) electrons. The molecule has 0 spiro atoms. The van der Waals surface area contributed by atoms with E-state index in [-0.39, 0.29) is 42.5 Å². The highest BCUT2D eigenvalue weighted by atomic mass is 35.5. The molecule has 2 atom stereocenters. The van der Waals surface area contributed by atoms with E-state index in [2.05, 4.69) is 10.6 Å². The largest absolute Gasteiger partial charge is 0.352 e. The van der Waals surface area contributed by atoms with E-state index >= 15 is 0 Å². The van der Waals surface area contributed by atoms with Crippen molar-refractivity contribution in [2.75, 3.05) is 27.2 Å². The Labute approximate surface area is 180 Å². The fourth-order valence-electron chi connectivity index (χ4n) is 3.37. The lowest BCUT2D eigenvalue weighted by molar-refractivity contribution is -0.128. The highest BCUT2D eigenvalue weighted by Gasteiger charge is 2.37. The van der Waals surface area contributed by atoms with E-state index in [1.54, 1.807) is 12.1 Å². The van der Waals surface area contributed by atoms with Crippen molar-refractivity contribution in [3.05, 3.63) is 35.4 Å². The van der Waals surface area contributed by atoms with Crippen LogP contribution in [0.4, 0.5) is 0 Å². The third kappa shape index (κ3) is 7.95. The molecule has 6 nitrogen and oxygen atoms in total. The third-order valence-electron chi connectivity index (χ3n) is 5.10. The van der Waals surface area contributed by atoms with Crippen molar-refractivity contribution in [1.82, 2.24) is 15.5 Å². The average Bonchev–Trinajstić information content (AvgIpc) is 2.59. The zero-order valence-electron chi connectivity index (χ0n) is 17.0. The number of halogens is 2. The molecule has 1 aliphatic carbocycles. The van der Waals surface area contributed by atoms with Gasteiger partial charge < -0.3 is 21.3 Å². The van der Waals surface area contributed by atoms with Crippen molar-refractivity contribution >= 4 is 36.6 Å². The lowest BCUT2D eigenvalue weighted by Gasteiger charge is -2.37. The van der Waals surface area contributed by atoms with Gasteiger partial charge in [0.2, 0.25) is 5.91 Å². The summed E-state index contributed by atoms with van der Waals surface area (Å²) in [5.74, 6) is -0.179. The van der Waals surface area contributed by atoms with Gasteiger partial charge in [0, 0.05) is 30.7 Å². The van der Waals surface area contributed by atoms with Gasteiger partial charge in [-0.2, -0.15) is 0 Å². The van der Waals surface area contributed by atoms with Crippen LogP contribution in [0.3, 0.4) is 0 Å². The number of rotatable bonds is 7. The van der Waals surface area contributed by atoms with Gasteiger partial charge in [-0.15, -0.1) is 24.8 Å². The molecule has 0 bridgehead atoms. The molecule has 8 heteroatoms. The first-order valence-electron chi connectivity index (χ1n) is 9.38. The number of hydrogen-bond acceptors (Lipinski definition) is 4. The molecule has 1 aliphatic rings. The van der Waals surface area contributed by atoms with Crippen molar-refractivity contribution in [1.29, 1.82) is 0 Å². The van der Waals surface area contributed by atoms with E-state index < -0.39 is 5.54 Å². The van der Waals surface area contributed by atoms with Crippen LogP contribution in [0.5, 0.6) is 0 Å². The van der Waals surface area contributed by atoms with Crippen molar-refractivity contribution < 1.29 is 9.59 Å². The van der Waals surface area contributed by atoms with Crippen LogP contribution in [-0.4, -0.2) is 49.4 Å². The highest BCUT2D eigenvalue weighted by molar-refractivity contribution is 5.94. The van der Waals surface area contributed by atoms with Crippen LogP contribution >= 0.6 is 24.8 Å². The highest BCUT2D eigenvalue weighted by Crippen LogP contribution is 2.31. The maximum Gasteiger partial charge on any atom is 0.251 e. The van der Waals surface area contributed by atoms with Gasteiger partial charge in [-0.3, -0.25) is 9.59 Å². The Morgan fingerprint density at radius 2 is 1.79 bits per heavy atom. The number of benzene rings is 1. The molecule has 28 heavy (non-hydrogen) atoms. The second kappa shape index (κ2) is 12.3. The van der Waals surface area contributed by atoms with Gasteiger partial charge in [0.05, 0.1) is 5.92 Å². The summed E-state index contributed by atoms with van der Waals surface area (Å²) in [6.45, 7) is 3.84. The number of carbonyl (C=O) groups is 2. The Morgan fingerprint density at radius 3 is 2.36 bits per heavy atom. The van der Waals surface area contributed by atoms with Gasteiger partial charge in [0.25, 0.3) is 5.91 Å².